The first kappa shape index (κ1) is 57.7. The Morgan fingerprint density at radius 3 is 1.97 bits per heavy atom. The lowest BCUT2D eigenvalue weighted by molar-refractivity contribution is -0.144. The molecule has 14 nitrogen and oxygen atoms in total. The third kappa shape index (κ3) is 17.1. The van der Waals surface area contributed by atoms with Crippen molar-refractivity contribution in [3.8, 4) is 0 Å². The van der Waals surface area contributed by atoms with Crippen molar-refractivity contribution in [1.29, 1.82) is 0 Å². The summed E-state index contributed by atoms with van der Waals surface area (Å²) >= 11 is 0. The van der Waals surface area contributed by atoms with Crippen molar-refractivity contribution in [2.24, 2.45) is 35.5 Å². The summed E-state index contributed by atoms with van der Waals surface area (Å²) in [5.41, 5.74) is 1.90. The molecule has 1 aliphatic rings. The molecule has 1 fully saturated rings. The second kappa shape index (κ2) is 28.7. The highest BCUT2D eigenvalue weighted by molar-refractivity contribution is 5.92. The lowest BCUT2D eigenvalue weighted by Gasteiger charge is -2.36. The van der Waals surface area contributed by atoms with Gasteiger partial charge in [0.05, 0.1) is 42.7 Å². The number of methoxy groups -OCH3 is 2. The molecular formula is C54H85N5O9. The third-order valence-corrected chi connectivity index (χ3v) is 14.2. The largest absolute Gasteiger partial charge is 0.481 e. The molecule has 0 aliphatic carbocycles. The first-order chi connectivity index (χ1) is 32.2. The number of amides is 4. The van der Waals surface area contributed by atoms with Crippen LogP contribution in [0.15, 0.2) is 60.7 Å². The molecule has 1 aliphatic heterocycles. The summed E-state index contributed by atoms with van der Waals surface area (Å²) in [5.74, 6) is -2.92. The minimum atomic E-state index is -0.880. The van der Waals surface area contributed by atoms with E-state index in [1.165, 1.54) is 0 Å². The number of rotatable bonds is 30. The molecular weight excluding hydrogens is 863 g/mol. The maximum Gasteiger partial charge on any atom is 0.303 e. The fraction of sp³-hybridized carbons (Fsp3) is 0.667. The Morgan fingerprint density at radius 1 is 0.809 bits per heavy atom. The number of carbonyl (C=O) groups is 6. The first-order valence-corrected chi connectivity index (χ1v) is 25.0. The average Bonchev–Trinajstić information content (AvgIpc) is 3.79. The average molecular weight is 948 g/mol. The van der Waals surface area contributed by atoms with Gasteiger partial charge in [0.15, 0.2) is 5.78 Å². The van der Waals surface area contributed by atoms with E-state index in [2.05, 4.69) is 24.5 Å². The number of likely N-dealkylation sites (tertiary alicyclic amines) is 1. The zero-order valence-electron chi connectivity index (χ0n) is 43.2. The van der Waals surface area contributed by atoms with Gasteiger partial charge >= 0.3 is 5.97 Å². The highest BCUT2D eigenvalue weighted by Crippen LogP contribution is 2.33. The van der Waals surface area contributed by atoms with Crippen molar-refractivity contribution in [3.63, 3.8) is 0 Å². The summed E-state index contributed by atoms with van der Waals surface area (Å²) in [4.78, 5) is 86.9. The van der Waals surface area contributed by atoms with Crippen molar-refractivity contribution in [2.75, 3.05) is 41.4 Å². The molecule has 14 heteroatoms. The van der Waals surface area contributed by atoms with Gasteiger partial charge in [-0.1, -0.05) is 122 Å². The molecule has 68 heavy (non-hydrogen) atoms. The first-order valence-electron chi connectivity index (χ1n) is 25.0. The lowest BCUT2D eigenvalue weighted by Crippen LogP contribution is -2.55. The number of aliphatic carboxylic acids is 1. The number of carbonyl (C=O) groups excluding carboxylic acids is 5. The van der Waals surface area contributed by atoms with E-state index in [0.29, 0.717) is 51.7 Å². The van der Waals surface area contributed by atoms with Crippen LogP contribution in [0.5, 0.6) is 0 Å². The van der Waals surface area contributed by atoms with E-state index in [9.17, 15) is 28.8 Å². The number of likely N-dealkylation sites (N-methyl/N-ethyl adjacent to an activating group) is 2. The van der Waals surface area contributed by atoms with Crippen LogP contribution in [0.3, 0.4) is 0 Å². The summed E-state index contributed by atoms with van der Waals surface area (Å²) < 4.78 is 12.2. The fourth-order valence-electron chi connectivity index (χ4n) is 10.0. The van der Waals surface area contributed by atoms with Gasteiger partial charge in [-0.2, -0.15) is 0 Å². The Bertz CT molecular complexity index is 1880. The Labute approximate surface area is 407 Å². The van der Waals surface area contributed by atoms with Gasteiger partial charge in [0, 0.05) is 53.1 Å². The standard InChI is InChI=1S/C54H85N5O9/c1-13-37(6)42(29-28-38(7)50(63)48(35(2)3)56-53(65)49(36(4)5)57(9)30-21-27-47(61)62)45(67-11)33-46(60)59-31-20-26-44(59)51(68-12)39(8)52(64)55-43(32-40-22-16-14-17-23-40)54(66)58(10)34-41-24-18-15-19-25-41/h14-19,22-25,35-39,42-45,48-49,51H,13,20-21,26-34H2,1-12H3,(H,55,64)(H,56,65)(H,61,62)/t37-,38?,39+,42-,43-,44-,45+,48-,49-,51+/m0/s1. The van der Waals surface area contributed by atoms with E-state index in [1.54, 1.807) is 33.1 Å². The van der Waals surface area contributed by atoms with Gasteiger partial charge in [0.1, 0.15) is 6.04 Å². The van der Waals surface area contributed by atoms with Crippen molar-refractivity contribution < 1.29 is 43.3 Å². The van der Waals surface area contributed by atoms with Crippen LogP contribution >= 0.6 is 0 Å². The van der Waals surface area contributed by atoms with E-state index in [4.69, 9.17) is 14.6 Å². The number of hydrogen-bond donors (Lipinski definition) is 3. The summed E-state index contributed by atoms with van der Waals surface area (Å²) in [6, 6.07) is 16.9. The van der Waals surface area contributed by atoms with E-state index >= 15 is 0 Å². The van der Waals surface area contributed by atoms with Gasteiger partial charge in [-0.3, -0.25) is 33.7 Å². The van der Waals surface area contributed by atoms with Crippen LogP contribution in [-0.4, -0.2) is 133 Å². The van der Waals surface area contributed by atoms with E-state index in [-0.39, 0.29) is 77.9 Å². The van der Waals surface area contributed by atoms with Crippen molar-refractivity contribution in [2.45, 2.75) is 156 Å². The second-order valence-electron chi connectivity index (χ2n) is 20.0. The van der Waals surface area contributed by atoms with Crippen LogP contribution in [0, 0.1) is 35.5 Å². The minimum Gasteiger partial charge on any atom is -0.481 e. The van der Waals surface area contributed by atoms with Gasteiger partial charge in [0.25, 0.3) is 0 Å². The summed E-state index contributed by atoms with van der Waals surface area (Å²) in [6.07, 6.45) is 3.26. The van der Waals surface area contributed by atoms with Crippen molar-refractivity contribution in [3.05, 3.63) is 71.8 Å². The maximum atomic E-state index is 14.4. The Kier molecular flexibility index (Phi) is 24.4. The van der Waals surface area contributed by atoms with Gasteiger partial charge in [-0.25, -0.2) is 0 Å². The van der Waals surface area contributed by atoms with Gasteiger partial charge in [-0.15, -0.1) is 0 Å². The number of Topliss-reactive ketones (excluding diaryl/α,β-unsaturated/α-hetero) is 1. The molecule has 0 saturated carbocycles. The molecule has 0 radical (unpaired) electrons. The molecule has 10 atom stereocenters. The monoisotopic (exact) mass is 948 g/mol. The predicted octanol–water partition coefficient (Wildman–Crippen LogP) is 7.03. The van der Waals surface area contributed by atoms with Crippen molar-refractivity contribution in [1.82, 2.24) is 25.3 Å². The molecule has 1 heterocycles. The van der Waals surface area contributed by atoms with Gasteiger partial charge < -0.3 is 35.0 Å². The second-order valence-corrected chi connectivity index (χ2v) is 20.0. The van der Waals surface area contributed by atoms with E-state index in [0.717, 1.165) is 24.0 Å². The zero-order chi connectivity index (χ0) is 50.7. The molecule has 0 bridgehead atoms. The number of benzene rings is 2. The highest BCUT2D eigenvalue weighted by Gasteiger charge is 2.42. The molecule has 1 saturated heterocycles. The van der Waals surface area contributed by atoms with Crippen LogP contribution < -0.4 is 10.6 Å². The number of ether oxygens (including phenoxy) is 2. The van der Waals surface area contributed by atoms with Crippen molar-refractivity contribution >= 4 is 35.4 Å². The molecule has 4 amide bonds. The normalized spacial score (nSPS) is 18.0. The molecule has 0 spiro atoms. The lowest BCUT2D eigenvalue weighted by atomic mass is 9.79. The Balaban J connectivity index is 1.72. The number of carboxylic acid groups (broad SMARTS) is 1. The smallest absolute Gasteiger partial charge is 0.303 e. The number of nitrogens with one attached hydrogen (secondary N) is 2. The summed E-state index contributed by atoms with van der Waals surface area (Å²) in [5, 5.41) is 15.2. The summed E-state index contributed by atoms with van der Waals surface area (Å²) in [7, 11) is 6.75. The quantitative estimate of drug-likeness (QED) is 0.0738. The van der Waals surface area contributed by atoms with E-state index < -0.39 is 42.2 Å². The number of carboxylic acids is 1. The highest BCUT2D eigenvalue weighted by atomic mass is 16.5. The van der Waals surface area contributed by atoms with Gasteiger partial charge in [0.2, 0.25) is 23.6 Å². The molecule has 1 unspecified atom stereocenters. The van der Waals surface area contributed by atoms with Crippen LogP contribution in [0.2, 0.25) is 0 Å². The minimum absolute atomic E-state index is 0.0140. The third-order valence-electron chi connectivity index (χ3n) is 14.2. The topological polar surface area (TPSA) is 175 Å². The molecule has 3 rings (SSSR count). The Morgan fingerprint density at radius 2 is 1.43 bits per heavy atom. The fourth-order valence-corrected chi connectivity index (χ4v) is 10.0. The number of hydrogen-bond acceptors (Lipinski definition) is 9. The van der Waals surface area contributed by atoms with Crippen LogP contribution in [0.25, 0.3) is 0 Å². The molecule has 380 valence electrons. The van der Waals surface area contributed by atoms with Crippen LogP contribution in [0.1, 0.15) is 118 Å². The number of ketones is 1. The molecule has 0 aromatic heterocycles. The number of nitrogens with zero attached hydrogens (tertiary/aromatic N) is 3. The SMILES string of the molecule is CC[C@H](C)[C@H](CCC(C)C(=O)[C@@H](NC(=O)[C@H](C(C)C)N(C)CCCC(=O)O)C(C)C)[C@@H](CC(=O)N1CCC[C@H]1[C@H](OC)[C@@H](C)C(=O)N[C@@H](Cc1ccccc1)C(=O)N(C)Cc1ccccc1)OC. The zero-order valence-corrected chi connectivity index (χ0v) is 43.2. The predicted molar refractivity (Wildman–Crippen MR) is 266 cm³/mol. The maximum absolute atomic E-state index is 14.4. The van der Waals surface area contributed by atoms with E-state index in [1.807, 2.05) is 112 Å². The summed E-state index contributed by atoms with van der Waals surface area (Å²) in [6.45, 7) is 17.1. The van der Waals surface area contributed by atoms with Crippen LogP contribution in [-0.2, 0) is 51.2 Å². The Hall–Kier alpha value is -4.66. The molecule has 2 aromatic rings. The van der Waals surface area contributed by atoms with Gasteiger partial charge in [-0.05, 0) is 80.5 Å². The molecule has 2 aromatic carbocycles. The van der Waals surface area contributed by atoms with Crippen LogP contribution in [0.4, 0.5) is 0 Å². The molecule has 3 N–H and O–H groups in total.